The van der Waals surface area contributed by atoms with Crippen molar-refractivity contribution in [1.82, 2.24) is 9.97 Å². The molecule has 0 aliphatic heterocycles. The Kier molecular flexibility index (Phi) is 10.7. The summed E-state index contributed by atoms with van der Waals surface area (Å²) in [7, 11) is 0. The van der Waals surface area contributed by atoms with Gasteiger partial charge >= 0.3 is 0 Å². The van der Waals surface area contributed by atoms with Crippen LogP contribution in [0.2, 0.25) is 0 Å². The third-order valence-corrected chi connectivity index (χ3v) is 10.6. The third kappa shape index (κ3) is 7.63. The summed E-state index contributed by atoms with van der Waals surface area (Å²) >= 11 is 0. The van der Waals surface area contributed by atoms with Gasteiger partial charge < -0.3 is 9.97 Å². The van der Waals surface area contributed by atoms with Crippen molar-refractivity contribution in [2.75, 3.05) is 0 Å². The summed E-state index contributed by atoms with van der Waals surface area (Å²) in [6.07, 6.45) is 3.93. The largest absolute Gasteiger partial charge is 0.304 e. The van der Waals surface area contributed by atoms with Crippen LogP contribution >= 0.6 is 0 Å². The first kappa shape index (κ1) is 39.0. The van der Waals surface area contributed by atoms with Crippen LogP contribution < -0.4 is 0 Å². The molecule has 54 heavy (non-hydrogen) atoms. The number of benzene rings is 5. The molecule has 1 radical (unpaired) electrons. The van der Waals surface area contributed by atoms with Crippen molar-refractivity contribution < 1.29 is 20.1 Å². The normalized spacial score (nSPS) is 13.0. The summed E-state index contributed by atoms with van der Waals surface area (Å²) in [6, 6.07) is 46.0. The zero-order valence-electron chi connectivity index (χ0n) is 33.3. The Labute approximate surface area is 336 Å². The Hall–Kier alpha value is -4.69. The Bertz CT molecular complexity index is 2360. The first-order valence-electron chi connectivity index (χ1n) is 18.7. The number of rotatable bonds is 3. The number of fused-ring (bicyclic) bond motifs is 5. The molecule has 1 aliphatic rings. The van der Waals surface area contributed by atoms with Gasteiger partial charge in [-0.2, -0.15) is 0 Å². The Morgan fingerprint density at radius 3 is 1.98 bits per heavy atom. The van der Waals surface area contributed by atoms with Gasteiger partial charge in [-0.1, -0.05) is 133 Å². The maximum Gasteiger partial charge on any atom is 0.0198 e. The smallest absolute Gasteiger partial charge is 0.0198 e. The molecule has 0 unspecified atom stereocenters. The molecule has 0 spiro atoms. The van der Waals surface area contributed by atoms with E-state index in [0.717, 1.165) is 22.5 Å². The van der Waals surface area contributed by atoms with Crippen LogP contribution in [0.5, 0.6) is 0 Å². The Morgan fingerprint density at radius 1 is 0.630 bits per heavy atom. The van der Waals surface area contributed by atoms with Crippen molar-refractivity contribution in [2.45, 2.75) is 85.5 Å². The molecule has 2 nitrogen and oxygen atoms in total. The molecule has 1 aliphatic carbocycles. The molecule has 0 saturated carbocycles. The topological polar surface area (TPSA) is 25.8 Å². The number of aromatic nitrogens is 2. The molecule has 2 aromatic heterocycles. The number of nitrogens with zero attached hydrogens (tertiary/aromatic N) is 2. The SMILES string of the molecule is CC(C)(C)c1c[c-]c(-c2ccc(C(C)(C)C)cn2)cc1.Cc1cc(C)cc(-c2cc[c-]c(-c3nccc4c3C(C)(C)c3ccc5ccccc5c3-4)c2)c1.[Ir]. The molecule has 5 aromatic carbocycles. The van der Waals surface area contributed by atoms with E-state index in [-0.39, 0.29) is 36.4 Å². The van der Waals surface area contributed by atoms with Gasteiger partial charge in [-0.25, -0.2) is 0 Å². The monoisotopic (exact) mass is 883 g/mol. The summed E-state index contributed by atoms with van der Waals surface area (Å²) in [4.78, 5) is 9.49. The fourth-order valence-corrected chi connectivity index (χ4v) is 7.70. The van der Waals surface area contributed by atoms with Crippen LogP contribution in [-0.2, 0) is 36.4 Å². The summed E-state index contributed by atoms with van der Waals surface area (Å²) in [6.45, 7) is 22.2. The summed E-state index contributed by atoms with van der Waals surface area (Å²) in [5.41, 5.74) is 17.2. The van der Waals surface area contributed by atoms with E-state index >= 15 is 0 Å². The van der Waals surface area contributed by atoms with Gasteiger partial charge in [0.15, 0.2) is 0 Å². The average Bonchev–Trinajstić information content (AvgIpc) is 3.37. The zero-order chi connectivity index (χ0) is 37.7. The van der Waals surface area contributed by atoms with E-state index in [1.807, 2.05) is 18.5 Å². The van der Waals surface area contributed by atoms with Crippen molar-refractivity contribution in [2.24, 2.45) is 0 Å². The standard InChI is InChI=1S/C32H26N.C19H24N.Ir/c1-20-16-21(2)18-25(17-20)23-9-7-10-24(19-23)31-30-27(14-15-33-31)29-26-11-6-5-8-22(26)12-13-28(29)32(30,3)4;1-18(2,3)15-9-7-14(8-10-15)17-12-11-16(13-20-17)19(4,5)6;/h5-9,11-19H,1-4H3;7,9-13H,1-6H3;/q2*-1;. The summed E-state index contributed by atoms with van der Waals surface area (Å²) in [5, 5.41) is 2.59. The van der Waals surface area contributed by atoms with Gasteiger partial charge in [0.1, 0.15) is 0 Å². The van der Waals surface area contributed by atoms with Gasteiger partial charge in [0.2, 0.25) is 0 Å². The molecule has 0 amide bonds. The summed E-state index contributed by atoms with van der Waals surface area (Å²) < 4.78 is 0. The van der Waals surface area contributed by atoms with Crippen LogP contribution in [0.3, 0.4) is 0 Å². The van der Waals surface area contributed by atoms with E-state index in [1.165, 1.54) is 66.4 Å². The average molecular weight is 883 g/mol. The zero-order valence-corrected chi connectivity index (χ0v) is 35.7. The van der Waals surface area contributed by atoms with E-state index in [9.17, 15) is 0 Å². The van der Waals surface area contributed by atoms with Crippen molar-refractivity contribution in [3.8, 4) is 44.8 Å². The van der Waals surface area contributed by atoms with Crippen LogP contribution in [0.15, 0.2) is 122 Å². The molecule has 3 heteroatoms. The molecule has 0 bridgehead atoms. The van der Waals surface area contributed by atoms with E-state index < -0.39 is 0 Å². The molecular formula is C51H50IrN2-2. The third-order valence-electron chi connectivity index (χ3n) is 10.6. The van der Waals surface area contributed by atoms with Gasteiger partial charge in [0.05, 0.1) is 0 Å². The quantitative estimate of drug-likeness (QED) is 0.165. The minimum absolute atomic E-state index is 0. The Balaban J connectivity index is 0.000000205. The van der Waals surface area contributed by atoms with Crippen molar-refractivity contribution in [3.05, 3.63) is 167 Å². The first-order valence-corrected chi connectivity index (χ1v) is 18.7. The Morgan fingerprint density at radius 2 is 1.33 bits per heavy atom. The maximum atomic E-state index is 4.92. The van der Waals surface area contributed by atoms with E-state index in [4.69, 9.17) is 4.98 Å². The minimum atomic E-state index is -0.137. The van der Waals surface area contributed by atoms with Gasteiger partial charge in [0.25, 0.3) is 0 Å². The number of hydrogen-bond acceptors (Lipinski definition) is 2. The van der Waals surface area contributed by atoms with Gasteiger partial charge in [0, 0.05) is 37.9 Å². The van der Waals surface area contributed by atoms with Crippen LogP contribution in [0.25, 0.3) is 55.5 Å². The minimum Gasteiger partial charge on any atom is -0.304 e. The predicted molar refractivity (Wildman–Crippen MR) is 224 cm³/mol. The molecule has 7 aromatic rings. The molecule has 0 fully saturated rings. The fourth-order valence-electron chi connectivity index (χ4n) is 7.70. The van der Waals surface area contributed by atoms with E-state index in [1.54, 1.807) is 0 Å². The summed E-state index contributed by atoms with van der Waals surface area (Å²) in [5.74, 6) is 0. The van der Waals surface area contributed by atoms with Gasteiger partial charge in [-0.3, -0.25) is 0 Å². The second-order valence-corrected chi connectivity index (χ2v) is 17.2. The van der Waals surface area contributed by atoms with Crippen LogP contribution in [0, 0.1) is 26.0 Å². The maximum absolute atomic E-state index is 4.92. The van der Waals surface area contributed by atoms with Crippen molar-refractivity contribution in [3.63, 3.8) is 0 Å². The molecule has 8 rings (SSSR count). The van der Waals surface area contributed by atoms with E-state index in [2.05, 4.69) is 189 Å². The molecular weight excluding hydrogens is 833 g/mol. The van der Waals surface area contributed by atoms with Crippen LogP contribution in [0.1, 0.15) is 88.8 Å². The molecule has 0 N–H and O–H groups in total. The molecule has 0 atom stereocenters. The predicted octanol–water partition coefficient (Wildman–Crippen LogP) is 13.4. The van der Waals surface area contributed by atoms with Crippen molar-refractivity contribution in [1.29, 1.82) is 0 Å². The van der Waals surface area contributed by atoms with Gasteiger partial charge in [-0.15, -0.1) is 70.8 Å². The number of hydrogen-bond donors (Lipinski definition) is 0. The van der Waals surface area contributed by atoms with Crippen LogP contribution in [-0.4, -0.2) is 9.97 Å². The van der Waals surface area contributed by atoms with Gasteiger partial charge in [-0.05, 0) is 86.3 Å². The van der Waals surface area contributed by atoms with E-state index in [0.29, 0.717) is 0 Å². The second kappa shape index (κ2) is 14.9. The molecule has 275 valence electrons. The number of aryl methyl sites for hydroxylation is 2. The second-order valence-electron chi connectivity index (χ2n) is 17.2. The molecule has 2 heterocycles. The number of pyridine rings is 2. The molecule has 0 saturated heterocycles. The van der Waals surface area contributed by atoms with Crippen LogP contribution in [0.4, 0.5) is 0 Å². The first-order chi connectivity index (χ1) is 25.1. The fraction of sp³-hybridized carbons (Fsp3) is 0.255. The van der Waals surface area contributed by atoms with Crippen molar-refractivity contribution >= 4 is 10.8 Å².